The molecule has 0 fully saturated rings. The molecule has 0 heterocycles. The molecule has 0 bridgehead atoms. The molecule has 0 aromatic heterocycles. The van der Waals surface area contributed by atoms with Crippen LogP contribution in [-0.2, 0) is 21.2 Å². The third-order valence-corrected chi connectivity index (χ3v) is 3.96. The molecular formula is C12H11BF6O5S. The highest BCUT2D eigenvalue weighted by Gasteiger charge is 2.76. The molecular weight excluding hydrogens is 381 g/mol. The van der Waals surface area contributed by atoms with E-state index < -0.39 is 45.4 Å². The van der Waals surface area contributed by atoms with E-state index in [0.717, 1.165) is 6.07 Å². The van der Waals surface area contributed by atoms with Gasteiger partial charge in [0.05, 0.1) is 5.56 Å². The molecule has 0 aliphatic heterocycles. The smallest absolute Gasteiger partial charge is 0.435 e. The maximum atomic E-state index is 13.1. The van der Waals surface area contributed by atoms with Gasteiger partial charge in [0.25, 0.3) is 10.1 Å². The second-order valence-electron chi connectivity index (χ2n) is 4.95. The van der Waals surface area contributed by atoms with Crippen LogP contribution in [0.3, 0.4) is 0 Å². The van der Waals surface area contributed by atoms with Crippen molar-refractivity contribution in [1.82, 2.24) is 0 Å². The molecule has 140 valence electrons. The van der Waals surface area contributed by atoms with E-state index in [0.29, 0.717) is 0 Å². The summed E-state index contributed by atoms with van der Waals surface area (Å²) in [5.41, 5.74) is -5.90. The number of alkyl halides is 6. The zero-order chi connectivity index (χ0) is 19.7. The van der Waals surface area contributed by atoms with Crippen LogP contribution in [0.5, 0.6) is 0 Å². The molecule has 0 spiro atoms. The van der Waals surface area contributed by atoms with Crippen LogP contribution < -0.4 is 0 Å². The highest BCUT2D eigenvalue weighted by atomic mass is 32.2. The van der Waals surface area contributed by atoms with Crippen molar-refractivity contribution < 1.29 is 48.8 Å². The maximum absolute atomic E-state index is 13.1. The minimum Gasteiger partial charge on any atom is -0.435 e. The minimum atomic E-state index is -6.35. The quantitative estimate of drug-likeness (QED) is 0.357. The number of rotatable bonds is 5. The summed E-state index contributed by atoms with van der Waals surface area (Å²) in [4.78, 5) is 11.9. The Morgan fingerprint density at radius 3 is 1.96 bits per heavy atom. The lowest BCUT2D eigenvalue weighted by Gasteiger charge is -2.35. The number of hydrogen-bond donors (Lipinski definition) is 1. The molecule has 0 saturated carbocycles. The molecule has 0 aliphatic rings. The topological polar surface area (TPSA) is 80.7 Å². The van der Waals surface area contributed by atoms with Crippen molar-refractivity contribution in [3.05, 3.63) is 35.4 Å². The maximum Gasteiger partial charge on any atom is 0.438 e. The third-order valence-electron chi connectivity index (χ3n) is 3.19. The number of hydrogen-bond acceptors (Lipinski definition) is 4. The van der Waals surface area contributed by atoms with E-state index in [2.05, 4.69) is 4.74 Å². The predicted molar refractivity (Wildman–Crippen MR) is 75.4 cm³/mol. The summed E-state index contributed by atoms with van der Waals surface area (Å²) in [6, 6.07) is 4.80. The van der Waals surface area contributed by atoms with Crippen molar-refractivity contribution in [3.63, 3.8) is 0 Å². The monoisotopic (exact) mass is 392 g/mol. The molecule has 0 radical (unpaired) electrons. The van der Waals surface area contributed by atoms with Gasteiger partial charge in [-0.2, -0.15) is 34.8 Å². The Bertz CT molecular complexity index is 729. The first kappa shape index (κ1) is 21.3. The molecule has 1 aromatic rings. The Morgan fingerprint density at radius 1 is 1.08 bits per heavy atom. The fourth-order valence-corrected chi connectivity index (χ4v) is 2.87. The number of carbonyl (C=O) groups excluding carboxylic acids is 1. The van der Waals surface area contributed by atoms with Crippen LogP contribution in [0.4, 0.5) is 26.3 Å². The van der Waals surface area contributed by atoms with E-state index in [1.807, 2.05) is 0 Å². The zero-order valence-corrected chi connectivity index (χ0v) is 13.3. The highest BCUT2D eigenvalue weighted by molar-refractivity contribution is 7.85. The lowest BCUT2D eigenvalue weighted by Crippen LogP contribution is -2.63. The largest absolute Gasteiger partial charge is 0.438 e. The molecule has 1 rings (SSSR count). The van der Waals surface area contributed by atoms with Gasteiger partial charge in [-0.25, -0.2) is 4.79 Å². The highest BCUT2D eigenvalue weighted by Crippen LogP contribution is 2.47. The van der Waals surface area contributed by atoms with E-state index in [1.54, 1.807) is 0 Å². The molecule has 1 N–H and O–H groups in total. The van der Waals surface area contributed by atoms with Crippen LogP contribution in [0, 0.1) is 0 Å². The Kier molecular flexibility index (Phi) is 5.85. The molecule has 0 atom stereocenters. The fraction of sp³-hybridized carbons (Fsp3) is 0.417. The lowest BCUT2D eigenvalue weighted by atomic mass is 9.93. The molecule has 5 nitrogen and oxygen atoms in total. The molecule has 1 aromatic carbocycles. The first-order valence-corrected chi connectivity index (χ1v) is 8.15. The number of carbonyl (C=O) groups is 1. The lowest BCUT2D eigenvalue weighted by molar-refractivity contribution is -0.356. The Morgan fingerprint density at radius 2 is 1.56 bits per heavy atom. The van der Waals surface area contributed by atoms with Gasteiger partial charge in [0.2, 0.25) is 0 Å². The summed E-state index contributed by atoms with van der Waals surface area (Å²) in [6.45, 7) is 0. The van der Waals surface area contributed by atoms with E-state index in [1.165, 1.54) is 26.0 Å². The Hall–Kier alpha value is -1.76. The summed E-state index contributed by atoms with van der Waals surface area (Å²) in [5, 5.41) is 0. The SMILES string of the molecule is BCc1ccccc1C(=O)OC(CS(=O)(=O)O)(C(F)(F)F)C(F)(F)F. The summed E-state index contributed by atoms with van der Waals surface area (Å²) in [7, 11) is -4.32. The van der Waals surface area contributed by atoms with Crippen LogP contribution in [-0.4, -0.2) is 50.5 Å². The first-order chi connectivity index (χ1) is 11.1. The Balaban J connectivity index is 3.50. The predicted octanol–water partition coefficient (Wildman–Crippen LogP) is 1.73. The van der Waals surface area contributed by atoms with Crippen molar-refractivity contribution in [2.45, 2.75) is 24.3 Å². The molecule has 0 amide bonds. The van der Waals surface area contributed by atoms with Crippen molar-refractivity contribution >= 4 is 23.9 Å². The normalized spacial score (nSPS) is 13.6. The summed E-state index contributed by atoms with van der Waals surface area (Å²) in [5.74, 6) is -4.93. The molecule has 0 unspecified atom stereocenters. The van der Waals surface area contributed by atoms with Gasteiger partial charge >= 0.3 is 23.9 Å². The summed E-state index contributed by atoms with van der Waals surface area (Å²) < 4.78 is 112. The minimum absolute atomic E-state index is 0.0919. The molecule has 0 aliphatic carbocycles. The number of ether oxygens (including phenoxy) is 1. The van der Waals surface area contributed by atoms with E-state index in [4.69, 9.17) is 4.55 Å². The number of halogens is 6. The molecule has 0 saturated heterocycles. The average molecular weight is 392 g/mol. The van der Waals surface area contributed by atoms with E-state index >= 15 is 0 Å². The van der Waals surface area contributed by atoms with Gasteiger partial charge in [-0.15, -0.1) is 0 Å². The fourth-order valence-electron chi connectivity index (χ4n) is 1.97. The second kappa shape index (κ2) is 6.86. The number of benzene rings is 1. The van der Waals surface area contributed by atoms with Crippen molar-refractivity contribution in [2.75, 3.05) is 5.75 Å². The van der Waals surface area contributed by atoms with Gasteiger partial charge in [0, 0.05) is 0 Å². The van der Waals surface area contributed by atoms with Gasteiger partial charge < -0.3 is 4.74 Å². The van der Waals surface area contributed by atoms with E-state index in [9.17, 15) is 39.6 Å². The average Bonchev–Trinajstić information content (AvgIpc) is 2.42. The van der Waals surface area contributed by atoms with Crippen LogP contribution in [0.1, 0.15) is 15.9 Å². The van der Waals surface area contributed by atoms with Gasteiger partial charge in [-0.05, 0) is 11.6 Å². The molecule has 13 heteroatoms. The first-order valence-electron chi connectivity index (χ1n) is 6.54. The van der Waals surface area contributed by atoms with Crippen molar-refractivity contribution in [3.8, 4) is 0 Å². The van der Waals surface area contributed by atoms with Crippen LogP contribution in [0.15, 0.2) is 24.3 Å². The van der Waals surface area contributed by atoms with Crippen molar-refractivity contribution in [1.29, 1.82) is 0 Å². The van der Waals surface area contributed by atoms with Crippen molar-refractivity contribution in [2.24, 2.45) is 0 Å². The Labute approximate surface area is 139 Å². The zero-order valence-electron chi connectivity index (χ0n) is 12.5. The summed E-state index contributed by atoms with van der Waals surface area (Å²) in [6.07, 6.45) is -12.6. The van der Waals surface area contributed by atoms with Crippen LogP contribution in [0.25, 0.3) is 0 Å². The summed E-state index contributed by atoms with van der Waals surface area (Å²) >= 11 is 0. The van der Waals surface area contributed by atoms with Gasteiger partial charge in [-0.3, -0.25) is 4.55 Å². The van der Waals surface area contributed by atoms with Crippen LogP contribution >= 0.6 is 0 Å². The number of esters is 1. The van der Waals surface area contributed by atoms with Crippen LogP contribution in [0.2, 0.25) is 0 Å². The van der Waals surface area contributed by atoms with E-state index in [-0.39, 0.29) is 11.9 Å². The van der Waals surface area contributed by atoms with Gasteiger partial charge in [-0.1, -0.05) is 24.5 Å². The standard InChI is InChI=1S/C12H11BF6O5S/c13-5-7-3-1-2-4-8(7)9(20)24-10(11(14,15)16,12(17,18)19)6-25(21,22)23/h1-4H,5-6,13H2,(H,21,22,23). The van der Waals surface area contributed by atoms with Gasteiger partial charge in [0.15, 0.2) is 0 Å². The third kappa shape index (κ3) is 4.66. The second-order valence-corrected chi connectivity index (χ2v) is 6.40. The van der Waals surface area contributed by atoms with Gasteiger partial charge in [0.1, 0.15) is 13.6 Å². The molecule has 25 heavy (non-hydrogen) atoms.